The minimum absolute atomic E-state index is 0.180. The Balaban J connectivity index is 2.11. The fourth-order valence-corrected chi connectivity index (χ4v) is 4.78. The number of nitrogens with zero attached hydrogens (tertiary/aromatic N) is 3. The molecule has 7 heteroatoms. The normalized spacial score (nSPS) is 20.7. The van der Waals surface area contributed by atoms with Crippen LogP contribution >= 0.6 is 0 Å². The van der Waals surface area contributed by atoms with Gasteiger partial charge in [-0.05, 0) is 32.6 Å². The van der Waals surface area contributed by atoms with Crippen molar-refractivity contribution >= 4 is 17.8 Å². The van der Waals surface area contributed by atoms with Gasteiger partial charge in [0.25, 0.3) is 0 Å². The summed E-state index contributed by atoms with van der Waals surface area (Å²) in [5, 5.41) is 6.71. The van der Waals surface area contributed by atoms with Gasteiger partial charge in [0.15, 0.2) is 5.96 Å². The first-order valence-corrected chi connectivity index (χ1v) is 10.7. The van der Waals surface area contributed by atoms with Gasteiger partial charge in [-0.3, -0.25) is 14.6 Å². The van der Waals surface area contributed by atoms with Crippen molar-refractivity contribution in [1.29, 1.82) is 0 Å². The Kier molecular flexibility index (Phi) is 7.72. The van der Waals surface area contributed by atoms with Gasteiger partial charge in [-0.15, -0.1) is 0 Å². The predicted octanol–water partition coefficient (Wildman–Crippen LogP) is 1.84. The van der Waals surface area contributed by atoms with Gasteiger partial charge in [0.05, 0.1) is 17.4 Å². The molecule has 2 amide bonds. The molecule has 0 heterocycles. The summed E-state index contributed by atoms with van der Waals surface area (Å²) < 4.78 is 0. The third-order valence-corrected chi connectivity index (χ3v) is 6.32. The van der Waals surface area contributed by atoms with Crippen LogP contribution in [0.25, 0.3) is 0 Å². The first-order valence-electron chi connectivity index (χ1n) is 10.7. The maximum Gasteiger partial charge on any atom is 0.230 e. The largest absolute Gasteiger partial charge is 0.357 e. The Morgan fingerprint density at radius 3 is 1.75 bits per heavy atom. The average Bonchev–Trinajstić information content (AvgIpc) is 3.33. The van der Waals surface area contributed by atoms with E-state index in [1.807, 2.05) is 35.1 Å². The van der Waals surface area contributed by atoms with E-state index in [4.69, 9.17) is 4.99 Å². The molecular weight excluding hydrogens is 354 g/mol. The van der Waals surface area contributed by atoms with Gasteiger partial charge < -0.3 is 20.4 Å². The number of carbonyl (C=O) groups excluding carboxylic acids is 2. The third kappa shape index (κ3) is 4.97. The van der Waals surface area contributed by atoms with Crippen LogP contribution in [0, 0.1) is 10.8 Å². The summed E-state index contributed by atoms with van der Waals surface area (Å²) in [4.78, 5) is 33.8. The van der Waals surface area contributed by atoms with Crippen molar-refractivity contribution < 1.29 is 9.59 Å². The van der Waals surface area contributed by atoms with E-state index in [1.54, 1.807) is 9.80 Å². The van der Waals surface area contributed by atoms with Crippen molar-refractivity contribution in [2.45, 2.75) is 58.3 Å². The SMILES string of the molecule is CCNC(=NCC1(C(=O)N(C)C)CCCC1)NCC1(C(=O)N(C)C)CCCC1. The average molecular weight is 394 g/mol. The van der Waals surface area contributed by atoms with Crippen LogP contribution in [-0.4, -0.2) is 75.4 Å². The highest BCUT2D eigenvalue weighted by atomic mass is 16.2. The zero-order valence-corrected chi connectivity index (χ0v) is 18.4. The summed E-state index contributed by atoms with van der Waals surface area (Å²) >= 11 is 0. The molecule has 28 heavy (non-hydrogen) atoms. The Bertz CT molecular complexity index is 573. The van der Waals surface area contributed by atoms with E-state index in [9.17, 15) is 9.59 Å². The zero-order chi connectivity index (χ0) is 20.8. The Morgan fingerprint density at radius 1 is 0.821 bits per heavy atom. The lowest BCUT2D eigenvalue weighted by molar-refractivity contribution is -0.139. The zero-order valence-electron chi connectivity index (χ0n) is 18.4. The van der Waals surface area contributed by atoms with Crippen molar-refractivity contribution in [2.24, 2.45) is 15.8 Å². The van der Waals surface area contributed by atoms with Gasteiger partial charge >= 0.3 is 0 Å². The number of amides is 2. The van der Waals surface area contributed by atoms with E-state index in [1.165, 1.54) is 0 Å². The molecule has 0 bridgehead atoms. The maximum atomic E-state index is 12.8. The number of guanidine groups is 1. The molecule has 2 fully saturated rings. The van der Waals surface area contributed by atoms with E-state index in [2.05, 4.69) is 10.6 Å². The second kappa shape index (κ2) is 9.61. The number of hydrogen-bond donors (Lipinski definition) is 2. The minimum atomic E-state index is -0.379. The molecule has 2 saturated carbocycles. The van der Waals surface area contributed by atoms with E-state index in [0.29, 0.717) is 19.0 Å². The molecule has 0 spiro atoms. The smallest absolute Gasteiger partial charge is 0.230 e. The molecule has 7 nitrogen and oxygen atoms in total. The predicted molar refractivity (Wildman–Crippen MR) is 113 cm³/mol. The summed E-state index contributed by atoms with van der Waals surface area (Å²) in [7, 11) is 7.31. The van der Waals surface area contributed by atoms with Crippen LogP contribution < -0.4 is 10.6 Å². The van der Waals surface area contributed by atoms with Gasteiger partial charge in [0.1, 0.15) is 0 Å². The highest BCUT2D eigenvalue weighted by Crippen LogP contribution is 2.40. The van der Waals surface area contributed by atoms with E-state index in [-0.39, 0.29) is 22.6 Å². The molecule has 0 aromatic heterocycles. The summed E-state index contributed by atoms with van der Waals surface area (Å²) in [5.74, 6) is 1.08. The molecular formula is C21H39N5O2. The molecule has 0 unspecified atom stereocenters. The van der Waals surface area contributed by atoms with Crippen LogP contribution in [0.15, 0.2) is 4.99 Å². The third-order valence-electron chi connectivity index (χ3n) is 6.32. The summed E-state index contributed by atoms with van der Waals surface area (Å²) in [6.45, 7) is 3.86. The van der Waals surface area contributed by atoms with Crippen molar-refractivity contribution in [2.75, 3.05) is 47.8 Å². The lowest BCUT2D eigenvalue weighted by atomic mass is 9.84. The molecule has 0 atom stereocenters. The number of rotatable bonds is 7. The van der Waals surface area contributed by atoms with Crippen LogP contribution in [0.5, 0.6) is 0 Å². The number of hydrogen-bond acceptors (Lipinski definition) is 3. The van der Waals surface area contributed by atoms with Crippen LogP contribution in [0.1, 0.15) is 58.3 Å². The lowest BCUT2D eigenvalue weighted by Gasteiger charge is -2.32. The minimum Gasteiger partial charge on any atom is -0.357 e. The number of carbonyl (C=O) groups is 2. The van der Waals surface area contributed by atoms with Crippen molar-refractivity contribution in [3.63, 3.8) is 0 Å². The van der Waals surface area contributed by atoms with E-state index >= 15 is 0 Å². The quantitative estimate of drug-likeness (QED) is 0.511. The second-order valence-corrected chi connectivity index (χ2v) is 8.92. The van der Waals surface area contributed by atoms with Crippen molar-refractivity contribution in [3.05, 3.63) is 0 Å². The van der Waals surface area contributed by atoms with Crippen LogP contribution in [0.3, 0.4) is 0 Å². The molecule has 0 aromatic carbocycles. The molecule has 160 valence electrons. The molecule has 2 aliphatic rings. The summed E-state index contributed by atoms with van der Waals surface area (Å²) in [6, 6.07) is 0. The van der Waals surface area contributed by atoms with Crippen molar-refractivity contribution in [3.8, 4) is 0 Å². The van der Waals surface area contributed by atoms with Gasteiger partial charge in [0.2, 0.25) is 11.8 Å². The van der Waals surface area contributed by atoms with Crippen LogP contribution in [0.4, 0.5) is 0 Å². The standard InChI is InChI=1S/C21H39N5O2/c1-6-22-19(23-15-20(11-7-8-12-20)17(27)25(2)3)24-16-21(13-9-10-14-21)18(28)26(4)5/h6-16H2,1-5H3,(H2,22,23,24). The molecule has 0 aliphatic heterocycles. The van der Waals surface area contributed by atoms with Gasteiger partial charge in [-0.1, -0.05) is 25.7 Å². The monoisotopic (exact) mass is 393 g/mol. The summed E-state index contributed by atoms with van der Waals surface area (Å²) in [5.41, 5.74) is -0.722. The molecule has 0 radical (unpaired) electrons. The summed E-state index contributed by atoms with van der Waals surface area (Å²) in [6.07, 6.45) is 7.98. The lowest BCUT2D eigenvalue weighted by Crippen LogP contribution is -2.49. The highest BCUT2D eigenvalue weighted by molar-refractivity contribution is 5.86. The highest BCUT2D eigenvalue weighted by Gasteiger charge is 2.43. The van der Waals surface area contributed by atoms with Gasteiger partial charge in [-0.2, -0.15) is 0 Å². The van der Waals surface area contributed by atoms with Crippen molar-refractivity contribution in [1.82, 2.24) is 20.4 Å². The molecule has 2 rings (SSSR count). The Labute approximate surface area is 170 Å². The molecule has 2 aliphatic carbocycles. The fourth-order valence-electron chi connectivity index (χ4n) is 4.78. The number of nitrogens with one attached hydrogen (secondary N) is 2. The Morgan fingerprint density at radius 2 is 1.29 bits per heavy atom. The van der Waals surface area contributed by atoms with Crippen LogP contribution in [-0.2, 0) is 9.59 Å². The number of aliphatic imine (C=N–C) groups is 1. The molecule has 0 saturated heterocycles. The molecule has 2 N–H and O–H groups in total. The Hall–Kier alpha value is -1.79. The topological polar surface area (TPSA) is 77.0 Å². The van der Waals surface area contributed by atoms with E-state index in [0.717, 1.165) is 57.9 Å². The van der Waals surface area contributed by atoms with Gasteiger partial charge in [0, 0.05) is 41.3 Å². The second-order valence-electron chi connectivity index (χ2n) is 8.92. The van der Waals surface area contributed by atoms with Gasteiger partial charge in [-0.25, -0.2) is 0 Å². The first-order chi connectivity index (χ1) is 13.3. The van der Waals surface area contributed by atoms with Crippen LogP contribution in [0.2, 0.25) is 0 Å². The van der Waals surface area contributed by atoms with E-state index < -0.39 is 0 Å². The maximum absolute atomic E-state index is 12.8. The molecule has 0 aromatic rings. The first kappa shape index (κ1) is 22.5. The fraction of sp³-hybridized carbons (Fsp3) is 0.857.